The second kappa shape index (κ2) is 10.6. The van der Waals surface area contributed by atoms with Gasteiger partial charge in [-0.1, -0.05) is 31.2 Å². The SMILES string of the molecule is CCC(NC(=O)c1cnn(-c2cccc(C(F)(F)F)c2)c1C)c1ccccc1OCC(=O)N(C)C. The van der Waals surface area contributed by atoms with Gasteiger partial charge in [0.05, 0.1) is 34.7 Å². The molecule has 3 aromatic rings. The van der Waals surface area contributed by atoms with Crippen LogP contribution >= 0.6 is 0 Å². The zero-order valence-electron chi connectivity index (χ0n) is 19.9. The number of nitrogens with zero attached hydrogens (tertiary/aromatic N) is 3. The molecule has 1 unspecified atom stereocenters. The molecule has 0 saturated heterocycles. The Morgan fingerprint density at radius 2 is 1.86 bits per heavy atom. The summed E-state index contributed by atoms with van der Waals surface area (Å²) in [6, 6.07) is 11.4. The summed E-state index contributed by atoms with van der Waals surface area (Å²) in [5.41, 5.74) is 0.747. The molecule has 2 aromatic carbocycles. The Hall–Kier alpha value is -3.82. The third-order valence-corrected chi connectivity index (χ3v) is 5.53. The number of aromatic nitrogens is 2. The molecule has 0 bridgehead atoms. The summed E-state index contributed by atoms with van der Waals surface area (Å²) in [6.07, 6.45) is -2.62. The molecule has 1 N–H and O–H groups in total. The summed E-state index contributed by atoms with van der Waals surface area (Å²) < 4.78 is 46.3. The number of likely N-dealkylation sites (N-methyl/N-ethyl adjacent to an activating group) is 1. The smallest absolute Gasteiger partial charge is 0.416 e. The molecule has 0 aliphatic rings. The van der Waals surface area contributed by atoms with Crippen molar-refractivity contribution < 1.29 is 27.5 Å². The molecular formula is C25H27F3N4O3. The van der Waals surface area contributed by atoms with Crippen molar-refractivity contribution in [1.29, 1.82) is 0 Å². The maximum Gasteiger partial charge on any atom is 0.416 e. The Morgan fingerprint density at radius 3 is 2.51 bits per heavy atom. The van der Waals surface area contributed by atoms with Crippen molar-refractivity contribution >= 4 is 11.8 Å². The minimum atomic E-state index is -4.49. The van der Waals surface area contributed by atoms with Crippen LogP contribution in [-0.2, 0) is 11.0 Å². The average Bonchev–Trinajstić information content (AvgIpc) is 3.22. The molecule has 0 saturated carbocycles. The second-order valence-electron chi connectivity index (χ2n) is 8.15. The predicted octanol–water partition coefficient (Wildman–Crippen LogP) is 4.55. The van der Waals surface area contributed by atoms with E-state index in [1.807, 2.05) is 19.1 Å². The quantitative estimate of drug-likeness (QED) is 0.505. The van der Waals surface area contributed by atoms with E-state index in [-0.39, 0.29) is 23.8 Å². The second-order valence-corrected chi connectivity index (χ2v) is 8.15. The molecular weight excluding hydrogens is 461 g/mol. The topological polar surface area (TPSA) is 76.5 Å². The van der Waals surface area contributed by atoms with E-state index in [0.717, 1.165) is 12.1 Å². The summed E-state index contributed by atoms with van der Waals surface area (Å²) >= 11 is 0. The lowest BCUT2D eigenvalue weighted by molar-refractivity contribution is -0.137. The number of halogens is 3. The minimum Gasteiger partial charge on any atom is -0.483 e. The Balaban J connectivity index is 1.82. The molecule has 1 heterocycles. The molecule has 3 rings (SSSR count). The molecule has 0 radical (unpaired) electrons. The van der Waals surface area contributed by atoms with E-state index in [2.05, 4.69) is 10.4 Å². The third-order valence-electron chi connectivity index (χ3n) is 5.53. The summed E-state index contributed by atoms with van der Waals surface area (Å²) in [7, 11) is 3.27. The Labute approximate surface area is 201 Å². The first-order valence-electron chi connectivity index (χ1n) is 11.0. The van der Waals surface area contributed by atoms with Crippen LogP contribution in [0.15, 0.2) is 54.7 Å². The van der Waals surface area contributed by atoms with Crippen LogP contribution in [0.25, 0.3) is 5.69 Å². The third kappa shape index (κ3) is 6.00. The van der Waals surface area contributed by atoms with E-state index in [1.54, 1.807) is 33.2 Å². The number of hydrogen-bond donors (Lipinski definition) is 1. The molecule has 35 heavy (non-hydrogen) atoms. The summed E-state index contributed by atoms with van der Waals surface area (Å²) in [6.45, 7) is 3.37. The van der Waals surface area contributed by atoms with Gasteiger partial charge in [0.1, 0.15) is 5.75 Å². The van der Waals surface area contributed by atoms with Crippen LogP contribution in [0.2, 0.25) is 0 Å². The molecule has 0 spiro atoms. The van der Waals surface area contributed by atoms with Gasteiger partial charge in [-0.2, -0.15) is 18.3 Å². The lowest BCUT2D eigenvalue weighted by Gasteiger charge is -2.21. The molecule has 7 nitrogen and oxygen atoms in total. The van der Waals surface area contributed by atoms with Gasteiger partial charge in [0, 0.05) is 19.7 Å². The van der Waals surface area contributed by atoms with Gasteiger partial charge in [-0.15, -0.1) is 0 Å². The highest BCUT2D eigenvalue weighted by Crippen LogP contribution is 2.31. The highest BCUT2D eigenvalue weighted by Gasteiger charge is 2.31. The van der Waals surface area contributed by atoms with Gasteiger partial charge in [0.15, 0.2) is 6.61 Å². The van der Waals surface area contributed by atoms with Crippen molar-refractivity contribution in [3.8, 4) is 11.4 Å². The zero-order valence-corrected chi connectivity index (χ0v) is 19.9. The standard InChI is InChI=1S/C25H27F3N4O3/c1-5-21(19-11-6-7-12-22(19)35-15-23(33)31(3)4)30-24(34)20-14-29-32(16(20)2)18-10-8-9-17(13-18)25(26,27)28/h6-14,21H,5,15H2,1-4H3,(H,30,34). The van der Waals surface area contributed by atoms with Gasteiger partial charge in [-0.3, -0.25) is 9.59 Å². The van der Waals surface area contributed by atoms with Gasteiger partial charge >= 0.3 is 6.18 Å². The summed E-state index contributed by atoms with van der Waals surface area (Å²) in [5, 5.41) is 7.08. The van der Waals surface area contributed by atoms with Gasteiger partial charge in [0.25, 0.3) is 11.8 Å². The molecule has 0 aliphatic carbocycles. The fourth-order valence-corrected chi connectivity index (χ4v) is 3.51. The lowest BCUT2D eigenvalue weighted by Crippen LogP contribution is -2.30. The molecule has 0 aliphatic heterocycles. The predicted molar refractivity (Wildman–Crippen MR) is 124 cm³/mol. The van der Waals surface area contributed by atoms with Crippen molar-refractivity contribution in [2.75, 3.05) is 20.7 Å². The number of hydrogen-bond acceptors (Lipinski definition) is 4. The number of benzene rings is 2. The van der Waals surface area contributed by atoms with Crippen molar-refractivity contribution in [2.24, 2.45) is 0 Å². The highest BCUT2D eigenvalue weighted by molar-refractivity contribution is 5.95. The highest BCUT2D eigenvalue weighted by atomic mass is 19.4. The van der Waals surface area contributed by atoms with E-state index in [0.29, 0.717) is 23.4 Å². The normalized spacial score (nSPS) is 12.2. The molecule has 1 atom stereocenters. The van der Waals surface area contributed by atoms with Crippen LogP contribution in [0.5, 0.6) is 5.75 Å². The first-order valence-corrected chi connectivity index (χ1v) is 11.0. The molecule has 2 amide bonds. The van der Waals surface area contributed by atoms with Gasteiger partial charge < -0.3 is 15.0 Å². The molecule has 1 aromatic heterocycles. The van der Waals surface area contributed by atoms with E-state index in [9.17, 15) is 22.8 Å². The number of rotatable bonds is 8. The Bertz CT molecular complexity index is 1200. The first kappa shape index (κ1) is 25.8. The van der Waals surface area contributed by atoms with E-state index >= 15 is 0 Å². The molecule has 0 fully saturated rings. The zero-order chi connectivity index (χ0) is 25.8. The maximum atomic E-state index is 13.1. The number of para-hydroxylation sites is 1. The lowest BCUT2D eigenvalue weighted by atomic mass is 10.0. The van der Waals surface area contributed by atoms with Gasteiger partial charge in [-0.25, -0.2) is 4.68 Å². The van der Waals surface area contributed by atoms with E-state index in [4.69, 9.17) is 4.74 Å². The van der Waals surface area contributed by atoms with Crippen LogP contribution in [0.4, 0.5) is 13.2 Å². The van der Waals surface area contributed by atoms with E-state index in [1.165, 1.54) is 27.9 Å². The number of alkyl halides is 3. The molecule has 186 valence electrons. The number of ether oxygens (including phenoxy) is 1. The number of carbonyl (C=O) groups excluding carboxylic acids is 2. The monoisotopic (exact) mass is 488 g/mol. The number of amides is 2. The van der Waals surface area contributed by atoms with E-state index < -0.39 is 23.7 Å². The average molecular weight is 489 g/mol. The minimum absolute atomic E-state index is 0.142. The van der Waals surface area contributed by atoms with Crippen LogP contribution in [0.3, 0.4) is 0 Å². The number of nitrogens with one attached hydrogen (secondary N) is 1. The largest absolute Gasteiger partial charge is 0.483 e. The van der Waals surface area contributed by atoms with Gasteiger partial charge in [0.2, 0.25) is 0 Å². The Kier molecular flexibility index (Phi) is 7.83. The van der Waals surface area contributed by atoms with Crippen LogP contribution in [0, 0.1) is 6.92 Å². The fraction of sp³-hybridized carbons (Fsp3) is 0.320. The van der Waals surface area contributed by atoms with Crippen molar-refractivity contribution in [2.45, 2.75) is 32.5 Å². The van der Waals surface area contributed by atoms with Crippen molar-refractivity contribution in [1.82, 2.24) is 20.0 Å². The first-order chi connectivity index (χ1) is 16.5. The van der Waals surface area contributed by atoms with Crippen LogP contribution in [-0.4, -0.2) is 47.2 Å². The fourth-order valence-electron chi connectivity index (χ4n) is 3.51. The van der Waals surface area contributed by atoms with Crippen molar-refractivity contribution in [3.05, 3.63) is 77.1 Å². The number of carbonyl (C=O) groups is 2. The molecule has 10 heteroatoms. The van der Waals surface area contributed by atoms with Crippen LogP contribution in [0.1, 0.15) is 46.6 Å². The van der Waals surface area contributed by atoms with Gasteiger partial charge in [-0.05, 0) is 37.6 Å². The summed E-state index contributed by atoms with van der Waals surface area (Å²) in [4.78, 5) is 26.4. The summed E-state index contributed by atoms with van der Waals surface area (Å²) in [5.74, 6) is -0.146. The van der Waals surface area contributed by atoms with Crippen molar-refractivity contribution in [3.63, 3.8) is 0 Å². The Morgan fingerprint density at radius 1 is 1.14 bits per heavy atom. The van der Waals surface area contributed by atoms with Crippen LogP contribution < -0.4 is 10.1 Å². The maximum absolute atomic E-state index is 13.1.